The molecule has 0 amide bonds. The first-order valence-electron chi connectivity index (χ1n) is 4.72. The van der Waals surface area contributed by atoms with Crippen LogP contribution in [0, 0.1) is 17.3 Å². The molecule has 2 aliphatic carbocycles. The van der Waals surface area contributed by atoms with E-state index in [2.05, 4.69) is 20.8 Å². The Morgan fingerprint density at radius 2 is 1.91 bits per heavy atom. The quantitative estimate of drug-likeness (QED) is 0.485. The highest BCUT2D eigenvalue weighted by Crippen LogP contribution is 2.70. The van der Waals surface area contributed by atoms with E-state index in [0.29, 0.717) is 17.1 Å². The van der Waals surface area contributed by atoms with E-state index in [1.54, 1.807) is 0 Å². The van der Waals surface area contributed by atoms with Gasteiger partial charge in [0.05, 0.1) is 11.7 Å². The summed E-state index contributed by atoms with van der Waals surface area (Å²) in [7, 11) is 0. The predicted octanol–water partition coefficient (Wildman–Crippen LogP) is 2.21. The summed E-state index contributed by atoms with van der Waals surface area (Å²) in [6, 6.07) is 0. The third kappa shape index (κ3) is 0.618. The second-order valence-corrected chi connectivity index (χ2v) is 5.39. The summed E-state index contributed by atoms with van der Waals surface area (Å²) >= 11 is 0. The number of rotatable bonds is 0. The Labute approximate surface area is 68.1 Å². The van der Waals surface area contributed by atoms with Gasteiger partial charge in [0.2, 0.25) is 0 Å². The second kappa shape index (κ2) is 1.39. The molecule has 1 aliphatic heterocycles. The standard InChI is InChI=1S/C10H16O/c1-9(2)6-4-8-10(3,11-8)5-7(6)9/h6-8H,4-5H2,1-3H3. The molecule has 1 heteroatoms. The van der Waals surface area contributed by atoms with Gasteiger partial charge in [-0.25, -0.2) is 0 Å². The minimum absolute atomic E-state index is 0.314. The fourth-order valence-corrected chi connectivity index (χ4v) is 3.17. The molecule has 2 saturated carbocycles. The van der Waals surface area contributed by atoms with Crippen LogP contribution in [0.2, 0.25) is 0 Å². The van der Waals surface area contributed by atoms with Crippen LogP contribution < -0.4 is 0 Å². The van der Waals surface area contributed by atoms with Gasteiger partial charge in [-0.3, -0.25) is 0 Å². The van der Waals surface area contributed by atoms with Crippen LogP contribution in [-0.2, 0) is 4.74 Å². The lowest BCUT2D eigenvalue weighted by atomic mass is 9.91. The van der Waals surface area contributed by atoms with Gasteiger partial charge in [0.15, 0.2) is 0 Å². The summed E-state index contributed by atoms with van der Waals surface area (Å²) in [5.41, 5.74) is 0.967. The summed E-state index contributed by atoms with van der Waals surface area (Å²) in [6.45, 7) is 7.11. The van der Waals surface area contributed by atoms with Crippen molar-refractivity contribution in [3.63, 3.8) is 0 Å². The Bertz CT molecular complexity index is 221. The van der Waals surface area contributed by atoms with E-state index in [4.69, 9.17) is 4.74 Å². The summed E-state index contributed by atoms with van der Waals surface area (Å²) in [4.78, 5) is 0. The molecule has 1 heterocycles. The maximum absolute atomic E-state index is 5.66. The number of epoxide rings is 1. The average Bonchev–Trinajstić information content (AvgIpc) is 2.68. The van der Waals surface area contributed by atoms with Crippen LogP contribution in [-0.4, -0.2) is 11.7 Å². The van der Waals surface area contributed by atoms with Crippen LogP contribution in [0.4, 0.5) is 0 Å². The van der Waals surface area contributed by atoms with E-state index in [9.17, 15) is 0 Å². The van der Waals surface area contributed by atoms with Gasteiger partial charge in [0.25, 0.3) is 0 Å². The van der Waals surface area contributed by atoms with Crippen molar-refractivity contribution >= 4 is 0 Å². The first-order chi connectivity index (χ1) is 5.04. The first-order valence-corrected chi connectivity index (χ1v) is 4.72. The van der Waals surface area contributed by atoms with Gasteiger partial charge in [0, 0.05) is 0 Å². The largest absolute Gasteiger partial charge is 0.366 e. The van der Waals surface area contributed by atoms with Gasteiger partial charge in [-0.2, -0.15) is 0 Å². The third-order valence-electron chi connectivity index (χ3n) is 4.42. The molecule has 0 radical (unpaired) electrons. The molecule has 1 saturated heterocycles. The van der Waals surface area contributed by atoms with Crippen molar-refractivity contribution in [2.24, 2.45) is 17.3 Å². The summed E-state index contributed by atoms with van der Waals surface area (Å²) < 4.78 is 5.66. The van der Waals surface area contributed by atoms with Gasteiger partial charge >= 0.3 is 0 Å². The fraction of sp³-hybridized carbons (Fsp3) is 1.00. The lowest BCUT2D eigenvalue weighted by molar-refractivity contribution is 0.282. The van der Waals surface area contributed by atoms with Crippen molar-refractivity contribution in [1.29, 1.82) is 0 Å². The second-order valence-electron chi connectivity index (χ2n) is 5.39. The van der Waals surface area contributed by atoms with Crippen molar-refractivity contribution in [2.45, 2.75) is 45.3 Å². The lowest BCUT2D eigenvalue weighted by Crippen LogP contribution is -2.16. The maximum atomic E-state index is 5.66. The zero-order valence-electron chi connectivity index (χ0n) is 7.55. The SMILES string of the molecule is CC12CC3C(CC1O2)C3(C)C. The van der Waals surface area contributed by atoms with Crippen molar-refractivity contribution in [2.75, 3.05) is 0 Å². The molecule has 0 aromatic carbocycles. The van der Waals surface area contributed by atoms with E-state index in [1.165, 1.54) is 12.8 Å². The van der Waals surface area contributed by atoms with Crippen molar-refractivity contribution in [3.8, 4) is 0 Å². The molecular formula is C10H16O. The molecule has 3 rings (SSSR count). The molecule has 0 bridgehead atoms. The van der Waals surface area contributed by atoms with Gasteiger partial charge < -0.3 is 4.74 Å². The normalized spacial score (nSPS) is 63.0. The highest BCUT2D eigenvalue weighted by Gasteiger charge is 2.70. The minimum atomic E-state index is 0.314. The Morgan fingerprint density at radius 3 is 2.55 bits per heavy atom. The number of ether oxygens (including phenoxy) is 1. The Kier molecular flexibility index (Phi) is 0.820. The van der Waals surface area contributed by atoms with Crippen LogP contribution in [0.15, 0.2) is 0 Å². The van der Waals surface area contributed by atoms with Crippen LogP contribution >= 0.6 is 0 Å². The fourth-order valence-electron chi connectivity index (χ4n) is 3.17. The zero-order valence-corrected chi connectivity index (χ0v) is 7.55. The minimum Gasteiger partial charge on any atom is -0.366 e. The molecule has 1 nitrogen and oxygen atoms in total. The molecule has 0 aromatic rings. The molecule has 3 aliphatic rings. The highest BCUT2D eigenvalue weighted by atomic mass is 16.6. The van der Waals surface area contributed by atoms with Gasteiger partial charge in [-0.05, 0) is 37.0 Å². The van der Waals surface area contributed by atoms with Gasteiger partial charge in [-0.1, -0.05) is 13.8 Å². The van der Waals surface area contributed by atoms with E-state index in [1.807, 2.05) is 0 Å². The van der Waals surface area contributed by atoms with Crippen molar-refractivity contribution in [3.05, 3.63) is 0 Å². The highest BCUT2D eigenvalue weighted by molar-refractivity contribution is 5.18. The monoisotopic (exact) mass is 152 g/mol. The molecule has 4 unspecified atom stereocenters. The molecule has 11 heavy (non-hydrogen) atoms. The van der Waals surface area contributed by atoms with E-state index < -0.39 is 0 Å². The zero-order chi connectivity index (χ0) is 7.85. The predicted molar refractivity (Wildman–Crippen MR) is 43.3 cm³/mol. The molecule has 0 N–H and O–H groups in total. The van der Waals surface area contributed by atoms with E-state index in [-0.39, 0.29) is 0 Å². The van der Waals surface area contributed by atoms with Crippen molar-refractivity contribution < 1.29 is 4.74 Å². The number of hydrogen-bond acceptors (Lipinski definition) is 1. The first kappa shape index (κ1) is 6.47. The number of hydrogen-bond donors (Lipinski definition) is 0. The van der Waals surface area contributed by atoms with Crippen molar-refractivity contribution in [1.82, 2.24) is 0 Å². The van der Waals surface area contributed by atoms with Gasteiger partial charge in [-0.15, -0.1) is 0 Å². The average molecular weight is 152 g/mol. The molecule has 0 spiro atoms. The molecule has 3 fully saturated rings. The van der Waals surface area contributed by atoms with Crippen LogP contribution in [0.5, 0.6) is 0 Å². The smallest absolute Gasteiger partial charge is 0.0923 e. The Morgan fingerprint density at radius 1 is 1.18 bits per heavy atom. The summed E-state index contributed by atoms with van der Waals surface area (Å²) in [5, 5.41) is 0. The number of fused-ring (bicyclic) bond motifs is 2. The van der Waals surface area contributed by atoms with Gasteiger partial charge in [0.1, 0.15) is 0 Å². The van der Waals surface area contributed by atoms with E-state index in [0.717, 1.165) is 11.8 Å². The topological polar surface area (TPSA) is 12.5 Å². The van der Waals surface area contributed by atoms with E-state index >= 15 is 0 Å². The third-order valence-corrected chi connectivity index (χ3v) is 4.42. The van der Waals surface area contributed by atoms with Crippen LogP contribution in [0.25, 0.3) is 0 Å². The summed E-state index contributed by atoms with van der Waals surface area (Å²) in [5.74, 6) is 1.97. The molecular weight excluding hydrogens is 136 g/mol. The maximum Gasteiger partial charge on any atom is 0.0923 e. The Balaban J connectivity index is 1.85. The van der Waals surface area contributed by atoms with Crippen LogP contribution in [0.1, 0.15) is 33.6 Å². The molecule has 0 aromatic heterocycles. The lowest BCUT2D eigenvalue weighted by Gasteiger charge is -2.09. The van der Waals surface area contributed by atoms with Crippen LogP contribution in [0.3, 0.4) is 0 Å². The summed E-state index contributed by atoms with van der Waals surface area (Å²) in [6.07, 6.45) is 3.30. The molecule has 62 valence electrons. The Hall–Kier alpha value is -0.0400. The molecule has 4 atom stereocenters.